The fourth-order valence-electron chi connectivity index (χ4n) is 3.97. The minimum absolute atomic E-state index is 0.108. The molecule has 1 aliphatic carbocycles. The lowest BCUT2D eigenvalue weighted by molar-refractivity contribution is 0.194. The maximum Gasteiger partial charge on any atom is 0.322 e. The fraction of sp³-hybridized carbons (Fsp3) is 0.300. The molecule has 2 aromatic heterocycles. The van der Waals surface area contributed by atoms with Crippen molar-refractivity contribution in [3.8, 4) is 17.3 Å². The fourth-order valence-corrected chi connectivity index (χ4v) is 3.97. The van der Waals surface area contributed by atoms with Gasteiger partial charge in [0.2, 0.25) is 0 Å². The third-order valence-electron chi connectivity index (χ3n) is 5.42. The number of hydrogen-bond acceptors (Lipinski definition) is 5. The van der Waals surface area contributed by atoms with E-state index in [-0.39, 0.29) is 11.6 Å². The maximum absolute atomic E-state index is 13.5. The first kappa shape index (κ1) is 17.4. The van der Waals surface area contributed by atoms with Crippen molar-refractivity contribution in [2.24, 2.45) is 0 Å². The van der Waals surface area contributed by atoms with Crippen LogP contribution in [0.5, 0.6) is 0 Å². The highest BCUT2D eigenvalue weighted by molar-refractivity contribution is 5.89. The normalized spacial score (nSPS) is 15.0. The standard InChI is InChI=1S/C20H17FN6O2/c21-15-5-4-14(8-13(15)9-22)23-20(28)26-6-7-27-17(10-26)18-16(24-27)3-1-2-12-11-29-25-19(12)18/h4-5,8,11H,1-3,6-7,10H2,(H,23,28). The summed E-state index contributed by atoms with van der Waals surface area (Å²) in [6.07, 6.45) is 4.42. The molecule has 1 aromatic carbocycles. The molecule has 0 saturated carbocycles. The molecule has 0 radical (unpaired) electrons. The Morgan fingerprint density at radius 1 is 1.31 bits per heavy atom. The second-order valence-corrected chi connectivity index (χ2v) is 7.19. The molecule has 0 fully saturated rings. The predicted octanol–water partition coefficient (Wildman–Crippen LogP) is 3.09. The number of carbonyl (C=O) groups excluding carboxylic acids is 1. The van der Waals surface area contributed by atoms with Gasteiger partial charge in [-0.1, -0.05) is 5.16 Å². The second-order valence-electron chi connectivity index (χ2n) is 7.19. The van der Waals surface area contributed by atoms with Crippen LogP contribution in [0.1, 0.15) is 28.9 Å². The van der Waals surface area contributed by atoms with Crippen molar-refractivity contribution >= 4 is 11.7 Å². The number of fused-ring (bicyclic) bond motifs is 5. The summed E-state index contributed by atoms with van der Waals surface area (Å²) < 4.78 is 20.6. The molecule has 0 unspecified atom stereocenters. The second kappa shape index (κ2) is 6.74. The van der Waals surface area contributed by atoms with Crippen LogP contribution in [0.2, 0.25) is 0 Å². The van der Waals surface area contributed by atoms with Crippen molar-refractivity contribution in [2.75, 3.05) is 11.9 Å². The molecular formula is C20H17FN6O2. The smallest absolute Gasteiger partial charge is 0.322 e. The van der Waals surface area contributed by atoms with Gasteiger partial charge in [-0.25, -0.2) is 9.18 Å². The largest absolute Gasteiger partial charge is 0.364 e. The van der Waals surface area contributed by atoms with Gasteiger partial charge in [0.15, 0.2) is 0 Å². The van der Waals surface area contributed by atoms with E-state index in [9.17, 15) is 9.18 Å². The molecule has 1 N–H and O–H groups in total. The topological polar surface area (TPSA) is 100.0 Å². The molecule has 0 spiro atoms. The third-order valence-corrected chi connectivity index (χ3v) is 5.42. The van der Waals surface area contributed by atoms with Gasteiger partial charge in [0.25, 0.3) is 0 Å². The molecule has 2 amide bonds. The zero-order valence-corrected chi connectivity index (χ0v) is 15.5. The van der Waals surface area contributed by atoms with Crippen molar-refractivity contribution < 1.29 is 13.7 Å². The maximum atomic E-state index is 13.5. The van der Waals surface area contributed by atoms with E-state index in [2.05, 4.69) is 10.5 Å². The van der Waals surface area contributed by atoms with E-state index in [1.54, 1.807) is 17.2 Å². The van der Waals surface area contributed by atoms with Gasteiger partial charge in [0.1, 0.15) is 23.8 Å². The summed E-state index contributed by atoms with van der Waals surface area (Å²) >= 11 is 0. The quantitative estimate of drug-likeness (QED) is 0.686. The molecule has 29 heavy (non-hydrogen) atoms. The van der Waals surface area contributed by atoms with Crippen LogP contribution < -0.4 is 5.32 Å². The van der Waals surface area contributed by atoms with E-state index in [1.807, 2.05) is 4.68 Å². The average molecular weight is 392 g/mol. The molecule has 0 atom stereocenters. The molecule has 3 heterocycles. The Hall–Kier alpha value is -3.67. The zero-order valence-electron chi connectivity index (χ0n) is 15.5. The number of nitrogens with zero attached hydrogens (tertiary/aromatic N) is 5. The van der Waals surface area contributed by atoms with Gasteiger partial charge in [-0.15, -0.1) is 0 Å². The first-order valence-corrected chi connectivity index (χ1v) is 9.42. The molecule has 2 aliphatic rings. The molecule has 0 bridgehead atoms. The van der Waals surface area contributed by atoms with Crippen molar-refractivity contribution in [3.63, 3.8) is 0 Å². The van der Waals surface area contributed by atoms with Crippen LogP contribution in [0.15, 0.2) is 29.0 Å². The Bertz CT molecular complexity index is 1160. The lowest BCUT2D eigenvalue weighted by Gasteiger charge is -2.28. The number of anilines is 1. The van der Waals surface area contributed by atoms with Crippen LogP contribution in [-0.2, 0) is 25.9 Å². The first-order valence-electron chi connectivity index (χ1n) is 9.42. The molecule has 5 rings (SSSR count). The van der Waals surface area contributed by atoms with Gasteiger partial charge in [0, 0.05) is 17.8 Å². The number of rotatable bonds is 1. The Labute approximate surface area is 165 Å². The summed E-state index contributed by atoms with van der Waals surface area (Å²) in [6, 6.07) is 5.41. The minimum Gasteiger partial charge on any atom is -0.364 e. The van der Waals surface area contributed by atoms with E-state index in [1.165, 1.54) is 18.2 Å². The van der Waals surface area contributed by atoms with Crippen molar-refractivity contribution in [1.82, 2.24) is 19.8 Å². The number of carbonyl (C=O) groups is 1. The Morgan fingerprint density at radius 2 is 2.21 bits per heavy atom. The molecule has 1 aliphatic heterocycles. The number of aromatic nitrogens is 3. The van der Waals surface area contributed by atoms with E-state index < -0.39 is 5.82 Å². The summed E-state index contributed by atoms with van der Waals surface area (Å²) in [5, 5.41) is 20.6. The van der Waals surface area contributed by atoms with Gasteiger partial charge >= 0.3 is 6.03 Å². The number of benzene rings is 1. The van der Waals surface area contributed by atoms with Crippen LogP contribution in [-0.4, -0.2) is 32.4 Å². The van der Waals surface area contributed by atoms with Gasteiger partial charge in [-0.05, 0) is 37.5 Å². The van der Waals surface area contributed by atoms with Crippen molar-refractivity contribution in [3.05, 3.63) is 52.8 Å². The summed E-state index contributed by atoms with van der Waals surface area (Å²) in [5.41, 5.74) is 5.06. The van der Waals surface area contributed by atoms with E-state index in [4.69, 9.17) is 14.9 Å². The van der Waals surface area contributed by atoms with Crippen molar-refractivity contribution in [2.45, 2.75) is 32.4 Å². The number of hydrogen-bond donors (Lipinski definition) is 1. The highest BCUT2D eigenvalue weighted by Gasteiger charge is 2.31. The van der Waals surface area contributed by atoms with Gasteiger partial charge in [-0.2, -0.15) is 10.4 Å². The third kappa shape index (κ3) is 2.93. The van der Waals surface area contributed by atoms with Gasteiger partial charge in [-0.3, -0.25) is 4.68 Å². The van der Waals surface area contributed by atoms with Gasteiger partial charge in [0.05, 0.1) is 35.6 Å². The molecule has 8 nitrogen and oxygen atoms in total. The number of aryl methyl sites for hydroxylation is 2. The first-order chi connectivity index (χ1) is 14.1. The summed E-state index contributed by atoms with van der Waals surface area (Å²) in [5.74, 6) is -0.613. The zero-order chi connectivity index (χ0) is 20.0. The number of halogens is 1. The summed E-state index contributed by atoms with van der Waals surface area (Å²) in [6.45, 7) is 1.46. The van der Waals surface area contributed by atoms with E-state index in [0.717, 1.165) is 47.5 Å². The number of amides is 2. The Morgan fingerprint density at radius 3 is 3.07 bits per heavy atom. The molecule has 9 heteroatoms. The molecule has 146 valence electrons. The summed E-state index contributed by atoms with van der Waals surface area (Å²) in [7, 11) is 0. The summed E-state index contributed by atoms with van der Waals surface area (Å²) in [4.78, 5) is 14.5. The van der Waals surface area contributed by atoms with E-state index >= 15 is 0 Å². The monoisotopic (exact) mass is 392 g/mol. The van der Waals surface area contributed by atoms with Crippen LogP contribution in [0.25, 0.3) is 11.3 Å². The predicted molar refractivity (Wildman–Crippen MR) is 100 cm³/mol. The average Bonchev–Trinajstić information content (AvgIpc) is 3.28. The number of nitriles is 1. The Kier molecular flexibility index (Phi) is 4.05. The van der Waals surface area contributed by atoms with Crippen LogP contribution in [0, 0.1) is 17.1 Å². The van der Waals surface area contributed by atoms with Crippen molar-refractivity contribution in [1.29, 1.82) is 5.26 Å². The molecular weight excluding hydrogens is 375 g/mol. The van der Waals surface area contributed by atoms with Crippen LogP contribution in [0.3, 0.4) is 0 Å². The number of nitrogens with one attached hydrogen (secondary N) is 1. The highest BCUT2D eigenvalue weighted by atomic mass is 19.1. The Balaban J connectivity index is 1.42. The lowest BCUT2D eigenvalue weighted by atomic mass is 10.1. The molecule has 0 saturated heterocycles. The lowest BCUT2D eigenvalue weighted by Crippen LogP contribution is -2.41. The minimum atomic E-state index is -0.613. The van der Waals surface area contributed by atoms with Crippen LogP contribution >= 0.6 is 0 Å². The van der Waals surface area contributed by atoms with Crippen LogP contribution in [0.4, 0.5) is 14.9 Å². The molecule has 3 aromatic rings. The highest BCUT2D eigenvalue weighted by Crippen LogP contribution is 2.35. The van der Waals surface area contributed by atoms with E-state index in [0.29, 0.717) is 25.3 Å². The SMILES string of the molecule is N#Cc1cc(NC(=O)N2CCn3nc4c(c3C2)-c2nocc2CCC4)ccc1F. The number of urea groups is 1. The van der Waals surface area contributed by atoms with Gasteiger partial charge < -0.3 is 14.7 Å².